The maximum absolute atomic E-state index is 11.2. The molecule has 6 aromatic carbocycles. The van der Waals surface area contributed by atoms with Crippen molar-refractivity contribution in [1.82, 2.24) is 0 Å². The second kappa shape index (κ2) is 22.4. The van der Waals surface area contributed by atoms with Gasteiger partial charge in [0, 0.05) is 44.5 Å². The molecule has 58 heavy (non-hydrogen) atoms. The maximum atomic E-state index is 11.2. The second-order valence-electron chi connectivity index (χ2n) is 12.1. The first-order valence-corrected chi connectivity index (χ1v) is 18.7. The smallest absolute Gasteiger partial charge is 0.252 e. The molecule has 0 radical (unpaired) electrons. The summed E-state index contributed by atoms with van der Waals surface area (Å²) in [4.78, 5) is 86.9. The largest absolute Gasteiger partial charge is 0.295 e. The van der Waals surface area contributed by atoms with Crippen molar-refractivity contribution in [3.63, 3.8) is 0 Å². The average Bonchev–Trinajstić information content (AvgIpc) is 3.21. The first-order chi connectivity index (χ1) is 27.4. The molecule has 0 bridgehead atoms. The van der Waals surface area contributed by atoms with Crippen LogP contribution in [0.3, 0.4) is 0 Å². The van der Waals surface area contributed by atoms with Crippen LogP contribution in [-0.4, -0.2) is 43.6 Å². The highest BCUT2D eigenvalue weighted by atomic mass is 35.5. The zero-order chi connectivity index (χ0) is 43.1. The Morgan fingerprint density at radius 1 is 0.293 bits per heavy atom. The molecule has 6 rings (SSSR count). The molecule has 0 aromatic heterocycles. The van der Waals surface area contributed by atoms with Crippen LogP contribution in [0.5, 0.6) is 0 Å². The number of rotatable bonds is 9. The van der Waals surface area contributed by atoms with Gasteiger partial charge in [-0.2, -0.15) is 0 Å². The fourth-order valence-corrected chi connectivity index (χ4v) is 5.48. The number of Topliss-reactive ketones (excluding diaryl/α,β-unsaturated/α-hetero) is 3. The van der Waals surface area contributed by atoms with Crippen molar-refractivity contribution in [1.29, 1.82) is 0 Å². The Balaban J connectivity index is 0.000000210. The quantitative estimate of drug-likeness (QED) is 0.103. The number of benzene rings is 6. The van der Waals surface area contributed by atoms with E-state index in [1.54, 1.807) is 72.8 Å². The van der Waals surface area contributed by atoms with Crippen LogP contribution in [-0.2, 0) is 0 Å². The summed E-state index contributed by atoms with van der Waals surface area (Å²) in [6, 6.07) is 37.1. The minimum atomic E-state index is -0.602. The van der Waals surface area contributed by atoms with Gasteiger partial charge in [-0.15, -0.1) is 0 Å². The molecule has 0 aliphatic rings. The van der Waals surface area contributed by atoms with Crippen LogP contribution in [0.25, 0.3) is 21.9 Å². The van der Waals surface area contributed by atoms with Gasteiger partial charge in [-0.25, -0.2) is 0 Å². The van der Waals surface area contributed by atoms with E-state index in [0.717, 1.165) is 21.9 Å². The molecule has 0 aliphatic carbocycles. The van der Waals surface area contributed by atoms with Crippen molar-refractivity contribution in [2.45, 2.75) is 20.8 Å². The van der Waals surface area contributed by atoms with E-state index in [0.29, 0.717) is 33.4 Å². The highest BCUT2D eigenvalue weighted by Gasteiger charge is 2.08. The third kappa shape index (κ3) is 14.4. The third-order valence-corrected chi connectivity index (χ3v) is 9.14. The van der Waals surface area contributed by atoms with E-state index in [1.165, 1.54) is 51.1 Å². The Morgan fingerprint density at radius 3 is 0.897 bits per heavy atom. The maximum Gasteiger partial charge on any atom is 0.252 e. The van der Waals surface area contributed by atoms with Crippen LogP contribution in [0.4, 0.5) is 0 Å². The summed E-state index contributed by atoms with van der Waals surface area (Å²) >= 11 is 26.4. The van der Waals surface area contributed by atoms with E-state index >= 15 is 0 Å². The van der Waals surface area contributed by atoms with Crippen LogP contribution in [0, 0.1) is 0 Å². The summed E-state index contributed by atoms with van der Waals surface area (Å²) in [5.74, 6) is 0.0487. The molecule has 0 saturated heterocycles. The van der Waals surface area contributed by atoms with Gasteiger partial charge in [0.15, 0.2) is 17.3 Å². The second-order valence-corrected chi connectivity index (χ2v) is 13.8. The summed E-state index contributed by atoms with van der Waals surface area (Å²) in [6.07, 6.45) is 0. The molecule has 6 aromatic rings. The lowest BCUT2D eigenvalue weighted by Gasteiger charge is -2.03. The molecule has 0 N–H and O–H groups in total. The molecule has 0 amide bonds. The lowest BCUT2D eigenvalue weighted by atomic mass is 10.0. The number of hydrogen-bond acceptors (Lipinski definition) is 8. The van der Waals surface area contributed by atoms with Crippen molar-refractivity contribution >= 4 is 112 Å². The number of carbonyl (C=O) groups is 8. The number of halogens is 5. The lowest BCUT2D eigenvalue weighted by Crippen LogP contribution is -1.93. The van der Waals surface area contributed by atoms with Gasteiger partial charge >= 0.3 is 0 Å². The molecule has 0 saturated carbocycles. The first kappa shape index (κ1) is 46.8. The first-order valence-electron chi connectivity index (χ1n) is 16.8. The van der Waals surface area contributed by atoms with Crippen LogP contribution in [0.2, 0.25) is 0 Å². The van der Waals surface area contributed by atoms with E-state index in [4.69, 9.17) is 58.0 Å². The number of carbonyl (C=O) groups excluding carboxylic acids is 8. The van der Waals surface area contributed by atoms with Crippen LogP contribution >= 0.6 is 58.0 Å². The van der Waals surface area contributed by atoms with Crippen molar-refractivity contribution in [2.24, 2.45) is 0 Å². The van der Waals surface area contributed by atoms with Crippen molar-refractivity contribution in [2.75, 3.05) is 0 Å². The minimum Gasteiger partial charge on any atom is -0.295 e. The molecule has 0 unspecified atom stereocenters. The fraction of sp³-hybridized carbons (Fsp3) is 0.0667. The molecule has 294 valence electrons. The highest BCUT2D eigenvalue weighted by Crippen LogP contribution is 2.22. The molecular formula is C45H31Cl5O8. The number of ketones is 3. The summed E-state index contributed by atoms with van der Waals surface area (Å²) in [7, 11) is 0. The molecule has 0 aliphatic heterocycles. The predicted molar refractivity (Wildman–Crippen MR) is 230 cm³/mol. The highest BCUT2D eigenvalue weighted by molar-refractivity contribution is 6.69. The van der Waals surface area contributed by atoms with Gasteiger partial charge in [-0.3, -0.25) is 38.4 Å². The Morgan fingerprint density at radius 2 is 0.552 bits per heavy atom. The standard InChI is InChI=1S/C15H11ClO2.C13H9ClO2.C9H7ClO2.C8H4Cl2O2/c1-10(17)11-2-4-12(5-3-11)13-6-8-14(9-7-13)15(16)18;1-8(15)9-2-3-11-7-12(13(14)16)5-4-10(11)6-9;1-6(11)7-2-4-8(5-3-7)9(10)12;9-7(11)5-2-1-3-6(4-5)8(10)12/h2-9H,1H3;2-7H,1H3;2-5H,1H3;1-4H. The zero-order valence-corrected chi connectivity index (χ0v) is 34.6. The van der Waals surface area contributed by atoms with E-state index in [1.807, 2.05) is 30.3 Å². The van der Waals surface area contributed by atoms with E-state index in [2.05, 4.69) is 0 Å². The average molecular weight is 877 g/mol. The van der Waals surface area contributed by atoms with Gasteiger partial charge in [-0.1, -0.05) is 84.9 Å². The molecule has 0 fully saturated rings. The Kier molecular flexibility index (Phi) is 18.0. The Hall–Kier alpha value is -5.61. The van der Waals surface area contributed by atoms with Gasteiger partial charge in [-0.05, 0) is 149 Å². The van der Waals surface area contributed by atoms with Crippen LogP contribution in [0.1, 0.15) is 104 Å². The number of fused-ring (bicyclic) bond motifs is 1. The van der Waals surface area contributed by atoms with Crippen molar-refractivity contribution in [3.05, 3.63) is 178 Å². The topological polar surface area (TPSA) is 137 Å². The molecule has 0 heterocycles. The summed E-state index contributed by atoms with van der Waals surface area (Å²) in [6.45, 7) is 4.53. The van der Waals surface area contributed by atoms with Crippen LogP contribution < -0.4 is 0 Å². The lowest BCUT2D eigenvalue weighted by molar-refractivity contribution is 0.100. The third-order valence-electron chi connectivity index (χ3n) is 8.05. The van der Waals surface area contributed by atoms with Gasteiger partial charge in [0.1, 0.15) is 0 Å². The zero-order valence-electron chi connectivity index (χ0n) is 30.9. The van der Waals surface area contributed by atoms with Crippen molar-refractivity contribution in [3.8, 4) is 11.1 Å². The van der Waals surface area contributed by atoms with E-state index in [-0.39, 0.29) is 28.5 Å². The molecular weight excluding hydrogens is 846 g/mol. The summed E-state index contributed by atoms with van der Waals surface area (Å²) in [5.41, 5.74) is 5.78. The minimum absolute atomic E-state index is 0.0245. The Labute approximate surface area is 358 Å². The molecule has 0 spiro atoms. The monoisotopic (exact) mass is 874 g/mol. The van der Waals surface area contributed by atoms with Gasteiger partial charge in [0.05, 0.1) is 0 Å². The predicted octanol–water partition coefficient (Wildman–Crippen LogP) is 12.1. The molecule has 13 heteroatoms. The van der Waals surface area contributed by atoms with Gasteiger partial charge in [0.25, 0.3) is 26.2 Å². The Bertz CT molecular complexity index is 2340. The SMILES string of the molecule is CC(=O)c1ccc(-c2ccc(C(=O)Cl)cc2)cc1.CC(=O)c1ccc(C(=O)Cl)cc1.CC(=O)c1ccc2cc(C(=O)Cl)ccc2c1.O=C(Cl)c1cccc(C(=O)Cl)c1. The normalized spacial score (nSPS) is 9.93. The van der Waals surface area contributed by atoms with Gasteiger partial charge in [0.2, 0.25) is 0 Å². The molecule has 8 nitrogen and oxygen atoms in total. The van der Waals surface area contributed by atoms with E-state index in [9.17, 15) is 38.4 Å². The van der Waals surface area contributed by atoms with Crippen molar-refractivity contribution < 1.29 is 38.4 Å². The summed E-state index contributed by atoms with van der Waals surface area (Å²) in [5, 5.41) is -0.827. The van der Waals surface area contributed by atoms with Crippen LogP contribution in [0.15, 0.2) is 133 Å². The van der Waals surface area contributed by atoms with Gasteiger partial charge < -0.3 is 0 Å². The molecule has 0 atom stereocenters. The number of hydrogen-bond donors (Lipinski definition) is 0. The van der Waals surface area contributed by atoms with E-state index < -0.39 is 26.2 Å². The summed E-state index contributed by atoms with van der Waals surface area (Å²) < 4.78 is 0. The fourth-order valence-electron chi connectivity index (χ4n) is 4.88.